The van der Waals surface area contributed by atoms with Crippen molar-refractivity contribution in [2.24, 2.45) is 0 Å². The number of piperidine rings is 1. The van der Waals surface area contributed by atoms with Crippen LogP contribution in [0, 0.1) is 13.8 Å². The van der Waals surface area contributed by atoms with E-state index >= 15 is 0 Å². The van der Waals surface area contributed by atoms with Gasteiger partial charge in [-0.3, -0.25) is 14.6 Å². The summed E-state index contributed by atoms with van der Waals surface area (Å²) < 4.78 is 5.27. The normalized spacial score (nSPS) is 14.0. The Kier molecular flexibility index (Phi) is 7.80. The number of amides is 2. The molecule has 2 heterocycles. The number of methoxy groups -OCH3 is 1. The molecule has 3 aromatic rings. The number of aryl methyl sites for hydroxylation is 2. The van der Waals surface area contributed by atoms with E-state index in [1.165, 1.54) is 5.56 Å². The molecule has 0 unspecified atom stereocenters. The minimum atomic E-state index is -0.107. The Morgan fingerprint density at radius 3 is 2.46 bits per heavy atom. The predicted octanol–water partition coefficient (Wildman–Crippen LogP) is 4.59. The van der Waals surface area contributed by atoms with Crippen molar-refractivity contribution in [3.8, 4) is 5.75 Å². The molecule has 1 saturated heterocycles. The lowest BCUT2D eigenvalue weighted by atomic mass is 9.89. The van der Waals surface area contributed by atoms with Gasteiger partial charge in [-0.1, -0.05) is 42.0 Å². The number of ether oxygens (including phenoxy) is 1. The van der Waals surface area contributed by atoms with Crippen molar-refractivity contribution in [3.63, 3.8) is 0 Å². The van der Waals surface area contributed by atoms with Gasteiger partial charge in [0, 0.05) is 31.2 Å². The molecule has 6 heteroatoms. The first-order valence-electron chi connectivity index (χ1n) is 12.1. The third-order valence-corrected chi connectivity index (χ3v) is 6.61. The number of nitrogens with one attached hydrogen (secondary N) is 1. The van der Waals surface area contributed by atoms with Crippen molar-refractivity contribution >= 4 is 11.8 Å². The zero-order valence-electron chi connectivity index (χ0n) is 20.7. The van der Waals surface area contributed by atoms with Gasteiger partial charge in [0.1, 0.15) is 5.75 Å². The Hall–Kier alpha value is -3.67. The number of aromatic nitrogens is 1. The third-order valence-electron chi connectivity index (χ3n) is 6.61. The Morgan fingerprint density at radius 1 is 1.00 bits per heavy atom. The number of likely N-dealkylation sites (tertiary alicyclic amines) is 1. The number of pyridine rings is 1. The van der Waals surface area contributed by atoms with E-state index in [0.717, 1.165) is 41.1 Å². The lowest BCUT2D eigenvalue weighted by Crippen LogP contribution is -2.39. The molecule has 6 nitrogen and oxygen atoms in total. The molecule has 1 aliphatic rings. The van der Waals surface area contributed by atoms with Crippen LogP contribution >= 0.6 is 0 Å². The fraction of sp³-hybridized carbons (Fsp3) is 0.345. The van der Waals surface area contributed by atoms with E-state index in [2.05, 4.69) is 5.32 Å². The minimum absolute atomic E-state index is 0.107. The van der Waals surface area contributed by atoms with Crippen LogP contribution in [0.5, 0.6) is 5.75 Å². The molecule has 2 aromatic carbocycles. The summed E-state index contributed by atoms with van der Waals surface area (Å²) >= 11 is 0. The van der Waals surface area contributed by atoms with Crippen LogP contribution in [0.1, 0.15) is 57.2 Å². The number of benzene rings is 2. The highest BCUT2D eigenvalue weighted by Gasteiger charge is 2.28. The molecule has 1 N–H and O–H groups in total. The third kappa shape index (κ3) is 6.27. The monoisotopic (exact) mass is 471 g/mol. The molecule has 0 bridgehead atoms. The summed E-state index contributed by atoms with van der Waals surface area (Å²) in [5.74, 6) is 0.915. The maximum Gasteiger partial charge on any atom is 0.253 e. The van der Waals surface area contributed by atoms with Gasteiger partial charge in [-0.2, -0.15) is 0 Å². The largest absolute Gasteiger partial charge is 0.497 e. The average molecular weight is 472 g/mol. The summed E-state index contributed by atoms with van der Waals surface area (Å²) in [7, 11) is 1.63. The van der Waals surface area contributed by atoms with Gasteiger partial charge in [0.25, 0.3) is 5.91 Å². The lowest BCUT2D eigenvalue weighted by molar-refractivity contribution is -0.131. The maximum atomic E-state index is 13.1. The number of hydrogen-bond donors (Lipinski definition) is 1. The average Bonchev–Trinajstić information content (AvgIpc) is 2.88. The quantitative estimate of drug-likeness (QED) is 0.547. The van der Waals surface area contributed by atoms with E-state index in [1.807, 2.05) is 79.4 Å². The first-order chi connectivity index (χ1) is 16.9. The molecule has 0 saturated carbocycles. The van der Waals surface area contributed by atoms with Gasteiger partial charge in [-0.25, -0.2) is 0 Å². The standard InChI is InChI=1S/C29H33N3O3/c1-20-7-10-22(11-8-20)19-30-29(34)26-12-9-21(2)31-28(26)24-13-15-32(16-14-24)27(33)18-23-5-4-6-25(17-23)35-3/h4-12,17,24H,13-16,18-19H2,1-3H3,(H,30,34). The van der Waals surface area contributed by atoms with Crippen LogP contribution in [0.3, 0.4) is 0 Å². The molecule has 0 spiro atoms. The Labute approximate surface area is 207 Å². The van der Waals surface area contributed by atoms with Gasteiger partial charge in [0.15, 0.2) is 0 Å². The van der Waals surface area contributed by atoms with Gasteiger partial charge in [0.05, 0.1) is 24.8 Å². The van der Waals surface area contributed by atoms with Gasteiger partial charge >= 0.3 is 0 Å². The fourth-order valence-corrected chi connectivity index (χ4v) is 4.53. The van der Waals surface area contributed by atoms with Crippen LogP contribution in [0.25, 0.3) is 0 Å². The van der Waals surface area contributed by atoms with Gasteiger partial charge < -0.3 is 15.0 Å². The summed E-state index contributed by atoms with van der Waals surface area (Å²) in [6, 6.07) is 19.6. The smallest absolute Gasteiger partial charge is 0.253 e. The zero-order valence-corrected chi connectivity index (χ0v) is 20.7. The summed E-state index contributed by atoms with van der Waals surface area (Å²) in [6.07, 6.45) is 1.94. The fourth-order valence-electron chi connectivity index (χ4n) is 4.53. The molecular formula is C29H33N3O3. The number of hydrogen-bond acceptors (Lipinski definition) is 4. The maximum absolute atomic E-state index is 13.1. The predicted molar refractivity (Wildman–Crippen MR) is 137 cm³/mol. The minimum Gasteiger partial charge on any atom is -0.497 e. The molecule has 35 heavy (non-hydrogen) atoms. The molecule has 0 atom stereocenters. The molecule has 1 fully saturated rings. The summed E-state index contributed by atoms with van der Waals surface area (Å²) in [6.45, 7) is 5.79. The summed E-state index contributed by atoms with van der Waals surface area (Å²) in [5, 5.41) is 3.04. The van der Waals surface area contributed by atoms with E-state index in [-0.39, 0.29) is 17.7 Å². The Bertz CT molecular complexity index is 1180. The zero-order chi connectivity index (χ0) is 24.8. The van der Waals surface area contributed by atoms with E-state index in [9.17, 15) is 9.59 Å². The number of rotatable bonds is 7. The van der Waals surface area contributed by atoms with Gasteiger partial charge in [-0.05, 0) is 62.1 Å². The van der Waals surface area contributed by atoms with Crippen LogP contribution in [0.2, 0.25) is 0 Å². The van der Waals surface area contributed by atoms with Crippen LogP contribution in [-0.4, -0.2) is 41.9 Å². The molecule has 1 aliphatic heterocycles. The van der Waals surface area contributed by atoms with Crippen molar-refractivity contribution in [1.29, 1.82) is 0 Å². The van der Waals surface area contributed by atoms with Crippen molar-refractivity contribution in [1.82, 2.24) is 15.2 Å². The highest BCUT2D eigenvalue weighted by molar-refractivity contribution is 5.95. The Morgan fingerprint density at radius 2 is 1.74 bits per heavy atom. The molecule has 0 aliphatic carbocycles. The number of carbonyl (C=O) groups excluding carboxylic acids is 2. The topological polar surface area (TPSA) is 71.5 Å². The highest BCUT2D eigenvalue weighted by Crippen LogP contribution is 2.30. The van der Waals surface area contributed by atoms with E-state index in [0.29, 0.717) is 31.6 Å². The molecule has 0 radical (unpaired) electrons. The van der Waals surface area contributed by atoms with Crippen molar-refractivity contribution in [2.75, 3.05) is 20.2 Å². The first-order valence-corrected chi connectivity index (χ1v) is 12.1. The van der Waals surface area contributed by atoms with Crippen LogP contribution in [-0.2, 0) is 17.8 Å². The summed E-state index contributed by atoms with van der Waals surface area (Å²) in [5.41, 5.74) is 5.57. The Balaban J connectivity index is 1.38. The van der Waals surface area contributed by atoms with Crippen molar-refractivity contribution in [3.05, 3.63) is 94.3 Å². The number of nitrogens with zero attached hydrogens (tertiary/aromatic N) is 2. The number of carbonyl (C=O) groups is 2. The summed E-state index contributed by atoms with van der Waals surface area (Å²) in [4.78, 5) is 32.6. The van der Waals surface area contributed by atoms with Crippen LogP contribution < -0.4 is 10.1 Å². The molecular weight excluding hydrogens is 438 g/mol. The second kappa shape index (κ2) is 11.2. The van der Waals surface area contributed by atoms with E-state index < -0.39 is 0 Å². The lowest BCUT2D eigenvalue weighted by Gasteiger charge is -2.32. The second-order valence-electron chi connectivity index (χ2n) is 9.24. The van der Waals surface area contributed by atoms with Crippen LogP contribution in [0.4, 0.5) is 0 Å². The highest BCUT2D eigenvalue weighted by atomic mass is 16.5. The van der Waals surface area contributed by atoms with Gasteiger partial charge in [-0.15, -0.1) is 0 Å². The van der Waals surface area contributed by atoms with E-state index in [1.54, 1.807) is 7.11 Å². The first kappa shape index (κ1) is 24.5. The molecule has 1 aromatic heterocycles. The molecule has 182 valence electrons. The SMILES string of the molecule is COc1cccc(CC(=O)N2CCC(c3nc(C)ccc3C(=O)NCc3ccc(C)cc3)CC2)c1. The van der Waals surface area contributed by atoms with Crippen LogP contribution in [0.15, 0.2) is 60.7 Å². The second-order valence-corrected chi connectivity index (χ2v) is 9.24. The van der Waals surface area contributed by atoms with Gasteiger partial charge in [0.2, 0.25) is 5.91 Å². The van der Waals surface area contributed by atoms with E-state index in [4.69, 9.17) is 9.72 Å². The molecule has 4 rings (SSSR count). The van der Waals surface area contributed by atoms with Crippen molar-refractivity contribution < 1.29 is 14.3 Å². The van der Waals surface area contributed by atoms with Crippen molar-refractivity contribution in [2.45, 2.75) is 45.6 Å². The molecule has 2 amide bonds.